The summed E-state index contributed by atoms with van der Waals surface area (Å²) in [6.45, 7) is -0.639. The number of ether oxygens (including phenoxy) is 5. The monoisotopic (exact) mass is 490 g/mol. The molecule has 0 unspecified atom stereocenters. The number of aromatic hydroxyl groups is 1. The molecule has 5 N–H and O–H groups in total. The Morgan fingerprint density at radius 1 is 1.03 bits per heavy atom. The van der Waals surface area contributed by atoms with Crippen LogP contribution in [0, 0.1) is 0 Å². The van der Waals surface area contributed by atoms with E-state index in [-0.39, 0.29) is 29.1 Å². The van der Waals surface area contributed by atoms with E-state index >= 15 is 0 Å². The van der Waals surface area contributed by atoms with Crippen molar-refractivity contribution in [2.45, 2.75) is 30.7 Å². The molecule has 3 aromatic rings. The van der Waals surface area contributed by atoms with Crippen LogP contribution in [0.3, 0.4) is 0 Å². The summed E-state index contributed by atoms with van der Waals surface area (Å²) >= 11 is 0. The predicted octanol–water partition coefficient (Wildman–Crippen LogP) is 0.0816. The number of aliphatic hydroxyl groups excluding tert-OH is 4. The van der Waals surface area contributed by atoms with E-state index in [4.69, 9.17) is 28.1 Å². The Bertz CT molecular complexity index is 1320. The highest BCUT2D eigenvalue weighted by Crippen LogP contribution is 2.44. The highest BCUT2D eigenvalue weighted by molar-refractivity contribution is 5.85. The minimum atomic E-state index is -1.70. The molecular formula is C23H22O12. The number of phenolic OH excluding ortho intramolecular Hbond substituents is 1. The van der Waals surface area contributed by atoms with Gasteiger partial charge in [-0.1, -0.05) is 0 Å². The first-order valence-corrected chi connectivity index (χ1v) is 10.6. The number of benzene rings is 2. The van der Waals surface area contributed by atoms with Crippen LogP contribution in [0.2, 0.25) is 0 Å². The van der Waals surface area contributed by atoms with Crippen LogP contribution in [-0.4, -0.2) is 76.7 Å². The van der Waals surface area contributed by atoms with Gasteiger partial charge < -0.3 is 53.6 Å². The second-order valence-corrected chi connectivity index (χ2v) is 8.02. The molecule has 35 heavy (non-hydrogen) atoms. The number of fused-ring (bicyclic) bond motifs is 2. The molecular weight excluding hydrogens is 468 g/mol. The fourth-order valence-electron chi connectivity index (χ4n) is 4.01. The molecule has 0 aliphatic carbocycles. The van der Waals surface area contributed by atoms with E-state index in [9.17, 15) is 30.3 Å². The van der Waals surface area contributed by atoms with Gasteiger partial charge >= 0.3 is 0 Å². The van der Waals surface area contributed by atoms with Crippen LogP contribution in [0.5, 0.6) is 28.7 Å². The van der Waals surface area contributed by atoms with Crippen molar-refractivity contribution in [2.24, 2.45) is 0 Å². The van der Waals surface area contributed by atoms with Crippen molar-refractivity contribution in [3.05, 3.63) is 40.8 Å². The molecule has 2 aromatic carbocycles. The Kier molecular flexibility index (Phi) is 5.91. The van der Waals surface area contributed by atoms with Crippen LogP contribution in [0.25, 0.3) is 22.1 Å². The van der Waals surface area contributed by atoms with Gasteiger partial charge in [0.15, 0.2) is 23.0 Å². The largest absolute Gasteiger partial charge is 0.504 e. The van der Waals surface area contributed by atoms with Gasteiger partial charge in [0.2, 0.25) is 24.3 Å². The van der Waals surface area contributed by atoms with E-state index in [1.54, 1.807) is 12.1 Å². The number of hydrogen-bond acceptors (Lipinski definition) is 12. The maximum atomic E-state index is 13.3. The van der Waals surface area contributed by atoms with Gasteiger partial charge in [-0.05, 0) is 23.8 Å². The lowest BCUT2D eigenvalue weighted by atomic mass is 9.99. The van der Waals surface area contributed by atoms with Gasteiger partial charge in [-0.3, -0.25) is 4.79 Å². The summed E-state index contributed by atoms with van der Waals surface area (Å²) in [6.07, 6.45) is -6.48. The van der Waals surface area contributed by atoms with Gasteiger partial charge in [-0.15, -0.1) is 0 Å². The quantitative estimate of drug-likeness (QED) is 0.326. The lowest BCUT2D eigenvalue weighted by molar-refractivity contribution is -0.277. The molecule has 1 fully saturated rings. The van der Waals surface area contributed by atoms with Crippen molar-refractivity contribution in [3.63, 3.8) is 0 Å². The van der Waals surface area contributed by atoms with E-state index in [0.717, 1.165) is 6.07 Å². The lowest BCUT2D eigenvalue weighted by Crippen LogP contribution is -2.60. The molecule has 0 bridgehead atoms. The van der Waals surface area contributed by atoms with Crippen molar-refractivity contribution in [3.8, 4) is 39.9 Å². The summed E-state index contributed by atoms with van der Waals surface area (Å²) in [7, 11) is 1.45. The van der Waals surface area contributed by atoms with E-state index in [1.807, 2.05) is 0 Å². The van der Waals surface area contributed by atoms with Crippen molar-refractivity contribution in [1.82, 2.24) is 0 Å². The Hall–Kier alpha value is -3.55. The zero-order valence-electron chi connectivity index (χ0n) is 18.3. The molecule has 5 rings (SSSR count). The summed E-state index contributed by atoms with van der Waals surface area (Å²) in [5.74, 6) is 0.495. The van der Waals surface area contributed by atoms with Crippen molar-refractivity contribution >= 4 is 11.0 Å². The normalized spacial score (nSPS) is 25.6. The fraction of sp³-hybridized carbons (Fsp3) is 0.348. The Morgan fingerprint density at radius 3 is 2.57 bits per heavy atom. The lowest BCUT2D eigenvalue weighted by Gasteiger charge is -2.39. The number of aliphatic hydroxyl groups is 4. The first kappa shape index (κ1) is 23.2. The minimum absolute atomic E-state index is 0.0133. The number of rotatable bonds is 5. The van der Waals surface area contributed by atoms with Crippen LogP contribution in [0.4, 0.5) is 0 Å². The van der Waals surface area contributed by atoms with Gasteiger partial charge in [-0.2, -0.15) is 0 Å². The Labute approximate surface area is 197 Å². The molecule has 12 nitrogen and oxygen atoms in total. The van der Waals surface area contributed by atoms with Crippen LogP contribution in [0.15, 0.2) is 39.7 Å². The molecule has 0 spiro atoms. The van der Waals surface area contributed by atoms with Gasteiger partial charge in [-0.25, -0.2) is 0 Å². The van der Waals surface area contributed by atoms with E-state index < -0.39 is 48.5 Å². The number of hydrogen-bond donors (Lipinski definition) is 5. The summed E-state index contributed by atoms with van der Waals surface area (Å²) in [6, 6.07) is 5.55. The predicted molar refractivity (Wildman–Crippen MR) is 117 cm³/mol. The molecule has 12 heteroatoms. The van der Waals surface area contributed by atoms with Gasteiger partial charge in [0.05, 0.1) is 24.7 Å². The molecule has 0 saturated carbocycles. The van der Waals surface area contributed by atoms with Gasteiger partial charge in [0.25, 0.3) is 0 Å². The molecule has 2 aliphatic heterocycles. The van der Waals surface area contributed by atoms with Gasteiger partial charge in [0.1, 0.15) is 36.3 Å². The maximum absolute atomic E-state index is 13.3. The Balaban J connectivity index is 1.53. The summed E-state index contributed by atoms with van der Waals surface area (Å²) in [5, 5.41) is 49.9. The van der Waals surface area contributed by atoms with Crippen LogP contribution in [-0.2, 0) is 4.74 Å². The summed E-state index contributed by atoms with van der Waals surface area (Å²) in [4.78, 5) is 13.3. The SMILES string of the molecule is COc1cc(-c2coc3cc(O)c(O[C@@H]4O[C@H](CO)[C@@H](O)[C@H](O)[C@@H]4O)cc3c2=O)cc2c1OCO2. The second-order valence-electron chi connectivity index (χ2n) is 8.02. The number of methoxy groups -OCH3 is 1. The standard InChI is InChI=1S/C23H22O12/c1-30-15-2-9(3-16-22(15)33-8-32-16)11-7-31-13-5-12(25)14(4-10(13)18(11)26)34-23-21(29)20(28)19(27)17(6-24)35-23/h2-5,7,17,19-21,23-25,27-29H,6,8H2,1H3/t17-,19-,20+,21+,23-/m1/s1. The Morgan fingerprint density at radius 2 is 1.83 bits per heavy atom. The molecule has 1 aromatic heterocycles. The first-order chi connectivity index (χ1) is 16.8. The van der Waals surface area contributed by atoms with Crippen molar-refractivity contribution in [2.75, 3.05) is 20.5 Å². The van der Waals surface area contributed by atoms with E-state index in [0.29, 0.717) is 22.8 Å². The molecule has 1 saturated heterocycles. The van der Waals surface area contributed by atoms with E-state index in [2.05, 4.69) is 0 Å². The first-order valence-electron chi connectivity index (χ1n) is 10.6. The molecule has 0 amide bonds. The molecule has 2 aliphatic rings. The summed E-state index contributed by atoms with van der Waals surface area (Å²) < 4.78 is 32.5. The highest BCUT2D eigenvalue weighted by Gasteiger charge is 2.45. The zero-order valence-corrected chi connectivity index (χ0v) is 18.3. The fourth-order valence-corrected chi connectivity index (χ4v) is 4.01. The van der Waals surface area contributed by atoms with Crippen LogP contribution in [0.1, 0.15) is 0 Å². The third kappa shape index (κ3) is 3.90. The maximum Gasteiger partial charge on any atom is 0.231 e. The van der Waals surface area contributed by atoms with Crippen LogP contribution < -0.4 is 24.4 Å². The average Bonchev–Trinajstić information content (AvgIpc) is 3.33. The van der Waals surface area contributed by atoms with Crippen molar-refractivity contribution < 1.29 is 53.6 Å². The van der Waals surface area contributed by atoms with Crippen molar-refractivity contribution in [1.29, 1.82) is 0 Å². The second kappa shape index (κ2) is 8.91. The summed E-state index contributed by atoms with van der Waals surface area (Å²) in [5.41, 5.74) is 0.195. The number of phenols is 1. The van der Waals surface area contributed by atoms with Crippen LogP contribution >= 0.6 is 0 Å². The zero-order chi connectivity index (χ0) is 24.9. The molecule has 186 valence electrons. The third-order valence-electron chi connectivity index (χ3n) is 5.92. The highest BCUT2D eigenvalue weighted by atomic mass is 16.7. The van der Waals surface area contributed by atoms with E-state index in [1.165, 1.54) is 19.4 Å². The topological polar surface area (TPSA) is 178 Å². The molecule has 3 heterocycles. The minimum Gasteiger partial charge on any atom is -0.504 e. The molecule has 0 radical (unpaired) electrons. The van der Waals surface area contributed by atoms with Gasteiger partial charge in [0, 0.05) is 6.07 Å². The average molecular weight is 490 g/mol. The smallest absolute Gasteiger partial charge is 0.231 e. The third-order valence-corrected chi connectivity index (χ3v) is 5.92. The molecule has 5 atom stereocenters.